The van der Waals surface area contributed by atoms with Gasteiger partial charge in [-0.25, -0.2) is 4.68 Å². The number of nitrogen functional groups attached to an aromatic ring is 1. The number of nitrogens with two attached hydrogens (primary N) is 1. The molecule has 3 N–H and O–H groups in total. The zero-order valence-corrected chi connectivity index (χ0v) is 27.9. The summed E-state index contributed by atoms with van der Waals surface area (Å²) < 4.78 is 1.30. The molecule has 2 heterocycles. The maximum atomic E-state index is 10.4. The average molecular weight is 610 g/mol. The van der Waals surface area contributed by atoms with E-state index in [0.29, 0.717) is 27.8 Å². The Bertz CT molecular complexity index is 1650. The summed E-state index contributed by atoms with van der Waals surface area (Å²) in [7, 11) is 0. The zero-order chi connectivity index (χ0) is 31.6. The van der Waals surface area contributed by atoms with Crippen LogP contribution in [0.1, 0.15) is 120 Å². The van der Waals surface area contributed by atoms with Crippen molar-refractivity contribution in [2.24, 2.45) is 52.3 Å². The van der Waals surface area contributed by atoms with Crippen molar-refractivity contribution >= 4 is 17.0 Å². The Morgan fingerprint density at radius 3 is 2.39 bits per heavy atom. The maximum Gasteiger partial charge on any atom is 0.185 e. The third kappa shape index (κ3) is 4.61. The minimum Gasteiger partial charge on any atom is -0.395 e. The predicted molar refractivity (Wildman–Crippen MR) is 172 cm³/mol. The molecule has 8 atom stereocenters. The molecule has 0 aliphatic heterocycles. The van der Waals surface area contributed by atoms with Crippen LogP contribution in [0.5, 0.6) is 0 Å². The summed E-state index contributed by atoms with van der Waals surface area (Å²) in [6.45, 7) is 12.4. The van der Waals surface area contributed by atoms with Gasteiger partial charge in [-0.05, 0) is 109 Å². The molecular weight excluding hydrogens is 563 g/mol. The Kier molecular flexibility index (Phi) is 7.95. The van der Waals surface area contributed by atoms with Gasteiger partial charge in [0.25, 0.3) is 0 Å². The average Bonchev–Trinajstić information content (AvgIpc) is 3.52. The third-order valence-corrected chi connectivity index (χ3v) is 14.2. The molecular formula is C36H47N7S. The second-order valence-corrected chi connectivity index (χ2v) is 16.6. The van der Waals surface area contributed by atoms with Crippen LogP contribution in [0.2, 0.25) is 0 Å². The summed E-state index contributed by atoms with van der Waals surface area (Å²) in [4.78, 5) is 1.22. The van der Waals surface area contributed by atoms with Crippen LogP contribution in [-0.2, 0) is 12.8 Å². The van der Waals surface area contributed by atoms with E-state index in [1.54, 1.807) is 0 Å². The first kappa shape index (κ1) is 30.9. The molecule has 3 fully saturated rings. The highest BCUT2D eigenvalue weighted by molar-refractivity contribution is 7.15. The summed E-state index contributed by atoms with van der Waals surface area (Å²) in [5.41, 5.74) is 7.83. The van der Waals surface area contributed by atoms with Gasteiger partial charge in [0, 0.05) is 4.88 Å². The molecule has 0 spiro atoms. The van der Waals surface area contributed by atoms with E-state index < -0.39 is 0 Å². The summed E-state index contributed by atoms with van der Waals surface area (Å²) in [6, 6.07) is 6.35. The van der Waals surface area contributed by atoms with Gasteiger partial charge in [-0.2, -0.15) is 20.9 Å². The van der Waals surface area contributed by atoms with E-state index in [-0.39, 0.29) is 27.8 Å². The largest absolute Gasteiger partial charge is 0.395 e. The Hall–Kier alpha value is -3.15. The van der Waals surface area contributed by atoms with Crippen LogP contribution in [0, 0.1) is 91.7 Å². The second-order valence-electron chi connectivity index (χ2n) is 15.5. The van der Waals surface area contributed by atoms with E-state index in [1.807, 2.05) is 12.1 Å². The highest BCUT2D eigenvalue weighted by atomic mass is 32.1. The van der Waals surface area contributed by atoms with Gasteiger partial charge in [-0.15, -0.1) is 11.3 Å². The monoisotopic (exact) mass is 609 g/mol. The van der Waals surface area contributed by atoms with Crippen molar-refractivity contribution in [1.29, 1.82) is 21.2 Å². The molecule has 3 saturated carbocycles. The first-order chi connectivity index (χ1) is 21.0. The summed E-state index contributed by atoms with van der Waals surface area (Å²) in [5, 5.41) is 43.2. The quantitative estimate of drug-likeness (QED) is 0.346. The van der Waals surface area contributed by atoms with Gasteiger partial charge in [-0.3, -0.25) is 5.41 Å². The number of hydrogen-bond acceptors (Lipinski definition) is 7. The number of nitrogens with one attached hydrogen (secondary N) is 1. The van der Waals surface area contributed by atoms with Gasteiger partial charge in [0.15, 0.2) is 11.2 Å². The van der Waals surface area contributed by atoms with E-state index in [9.17, 15) is 15.8 Å². The number of fused-ring (bicyclic) bond motifs is 6. The number of anilines is 1. The molecule has 0 unspecified atom stereocenters. The lowest BCUT2D eigenvalue weighted by Gasteiger charge is -2.60. The molecule has 7 nitrogen and oxygen atoms in total. The fraction of sp³-hybridized carbons (Fsp3) is 0.694. The standard InChI is InChI=1S/C36H47N7S/c1-20(2)7-6-8-21(3)27-11-12-28-23-10-9-22-15-24-25(17-37)34(43-33(41)26(18-38)32(40)30(19-39)42-43)44-31(24)16-36(22,5)29(23)13-14-35(27,28)4/h20-23,27-29,41H,6-16,40H2,1-5H3/t21-,22+,23+,27-,28+,29+,35-,36+/m1/s1. The number of thiophene rings is 1. The molecule has 0 aromatic carbocycles. The lowest BCUT2D eigenvalue weighted by molar-refractivity contribution is -0.103. The fourth-order valence-corrected chi connectivity index (χ4v) is 12.2. The van der Waals surface area contributed by atoms with Crippen LogP contribution in [0.15, 0.2) is 0 Å². The SMILES string of the molecule is CC(C)CCC[C@@H](C)[C@H]1CC[C@H]2[C@@H]3CC[C@H]4Cc5c(sc(-n6nc(C#N)c(N)c(C#N)c6=N)c5C#N)C[C@]4(C)[C@H]3CC[C@]12C. The van der Waals surface area contributed by atoms with Crippen molar-refractivity contribution in [1.82, 2.24) is 9.78 Å². The van der Waals surface area contributed by atoms with Crippen molar-refractivity contribution in [2.75, 3.05) is 5.73 Å². The van der Waals surface area contributed by atoms with Crippen LogP contribution in [-0.4, -0.2) is 9.78 Å². The summed E-state index contributed by atoms with van der Waals surface area (Å²) in [5.74, 6) is 5.28. The van der Waals surface area contributed by atoms with E-state index in [0.717, 1.165) is 48.0 Å². The normalized spacial score (nSPS) is 32.8. The summed E-state index contributed by atoms with van der Waals surface area (Å²) >= 11 is 1.52. The molecule has 4 aliphatic rings. The molecule has 2 aromatic heterocycles. The number of hydrogen-bond donors (Lipinski definition) is 2. The van der Waals surface area contributed by atoms with E-state index >= 15 is 0 Å². The van der Waals surface area contributed by atoms with Gasteiger partial charge < -0.3 is 5.73 Å². The molecule has 8 heteroatoms. The molecule has 232 valence electrons. The van der Waals surface area contributed by atoms with Gasteiger partial charge in [0.2, 0.25) is 0 Å². The fourth-order valence-electron chi connectivity index (χ4n) is 10.8. The van der Waals surface area contributed by atoms with E-state index in [1.165, 1.54) is 78.7 Å². The van der Waals surface area contributed by atoms with E-state index in [2.05, 4.69) is 45.8 Å². The molecule has 0 saturated heterocycles. The van der Waals surface area contributed by atoms with Crippen LogP contribution in [0.3, 0.4) is 0 Å². The van der Waals surface area contributed by atoms with Crippen molar-refractivity contribution in [3.8, 4) is 23.2 Å². The van der Waals surface area contributed by atoms with Crippen molar-refractivity contribution in [3.05, 3.63) is 32.7 Å². The third-order valence-electron chi connectivity index (χ3n) is 13.0. The van der Waals surface area contributed by atoms with Crippen molar-refractivity contribution in [3.63, 3.8) is 0 Å². The second kappa shape index (κ2) is 11.3. The predicted octanol–water partition coefficient (Wildman–Crippen LogP) is 7.65. The smallest absolute Gasteiger partial charge is 0.185 e. The zero-order valence-electron chi connectivity index (χ0n) is 27.0. The minimum absolute atomic E-state index is 0.0790. The first-order valence-corrected chi connectivity index (χ1v) is 17.6. The van der Waals surface area contributed by atoms with Gasteiger partial charge in [-0.1, -0.05) is 53.9 Å². The van der Waals surface area contributed by atoms with Crippen molar-refractivity contribution < 1.29 is 0 Å². The van der Waals surface area contributed by atoms with Crippen LogP contribution < -0.4 is 11.2 Å². The van der Waals surface area contributed by atoms with Gasteiger partial charge in [0.05, 0.1) is 11.3 Å². The molecule has 44 heavy (non-hydrogen) atoms. The van der Waals surface area contributed by atoms with Crippen LogP contribution >= 0.6 is 11.3 Å². The first-order valence-electron chi connectivity index (χ1n) is 16.8. The van der Waals surface area contributed by atoms with Gasteiger partial charge >= 0.3 is 0 Å². The highest BCUT2D eigenvalue weighted by Gasteiger charge is 2.60. The van der Waals surface area contributed by atoms with Crippen molar-refractivity contribution in [2.45, 2.75) is 105 Å². The molecule has 4 aliphatic carbocycles. The Labute approximate surface area is 266 Å². The maximum absolute atomic E-state index is 10.4. The summed E-state index contributed by atoms with van der Waals surface area (Å²) in [6.07, 6.45) is 13.8. The number of rotatable bonds is 6. The van der Waals surface area contributed by atoms with E-state index in [4.69, 9.17) is 11.1 Å². The number of aromatic nitrogens is 2. The van der Waals surface area contributed by atoms with Crippen LogP contribution in [0.25, 0.3) is 5.00 Å². The molecule has 6 rings (SSSR count). The lowest BCUT2D eigenvalue weighted by Crippen LogP contribution is -2.54. The highest BCUT2D eigenvalue weighted by Crippen LogP contribution is 2.68. The molecule has 0 amide bonds. The topological polar surface area (TPSA) is 139 Å². The van der Waals surface area contributed by atoms with Gasteiger partial charge in [0.1, 0.15) is 28.8 Å². The number of nitriles is 3. The number of nitrogens with zero attached hydrogens (tertiary/aromatic N) is 5. The van der Waals surface area contributed by atoms with Crippen LogP contribution in [0.4, 0.5) is 5.69 Å². The lowest BCUT2D eigenvalue weighted by atomic mass is 9.44. The molecule has 0 bridgehead atoms. The molecule has 2 aromatic rings. The Balaban J connectivity index is 1.30. The molecule has 0 radical (unpaired) electrons. The Morgan fingerprint density at radius 2 is 1.70 bits per heavy atom. The Morgan fingerprint density at radius 1 is 0.977 bits per heavy atom. The minimum atomic E-state index is -0.177.